The van der Waals surface area contributed by atoms with Gasteiger partial charge in [0.1, 0.15) is 5.25 Å². The summed E-state index contributed by atoms with van der Waals surface area (Å²) < 4.78 is 0. The number of aliphatic carboxylic acids is 1. The van der Waals surface area contributed by atoms with Crippen molar-refractivity contribution in [3.8, 4) is 0 Å². The molecule has 1 aromatic rings. The fourth-order valence-electron chi connectivity index (χ4n) is 0.860. The summed E-state index contributed by atoms with van der Waals surface area (Å²) >= 11 is 0.808. The molecule has 0 unspecified atom stereocenters. The van der Waals surface area contributed by atoms with Crippen LogP contribution in [-0.4, -0.2) is 31.5 Å². The van der Waals surface area contributed by atoms with Crippen LogP contribution >= 0.6 is 11.8 Å². The van der Waals surface area contributed by atoms with Crippen LogP contribution in [0.4, 0.5) is 0 Å². The number of hydrogen-bond acceptors (Lipinski definition) is 5. The highest BCUT2D eigenvalue weighted by molar-refractivity contribution is 8.00. The van der Waals surface area contributed by atoms with Gasteiger partial charge in [-0.15, -0.1) is 0 Å². The Labute approximate surface area is 87.9 Å². The Hall–Kier alpha value is -1.57. The van der Waals surface area contributed by atoms with Gasteiger partial charge in [-0.2, -0.15) is 5.10 Å². The van der Waals surface area contributed by atoms with Crippen molar-refractivity contribution in [2.24, 2.45) is 0 Å². The van der Waals surface area contributed by atoms with Crippen molar-refractivity contribution in [3.63, 3.8) is 0 Å². The molecular formula is C7H9N3O4S. The first-order valence-corrected chi connectivity index (χ1v) is 5.01. The molecule has 0 aromatic carbocycles. The van der Waals surface area contributed by atoms with E-state index in [1.807, 2.05) is 10.1 Å². The lowest BCUT2D eigenvalue weighted by molar-refractivity contribution is -0.136. The highest BCUT2D eigenvalue weighted by Gasteiger charge is 2.19. The molecule has 0 aliphatic carbocycles. The lowest BCUT2D eigenvalue weighted by atomic mass is 10.3. The van der Waals surface area contributed by atoms with Gasteiger partial charge in [-0.25, -0.2) is 9.89 Å². The number of aromatic amines is 2. The van der Waals surface area contributed by atoms with Crippen LogP contribution in [0.5, 0.6) is 0 Å². The standard InChI is InChI=1S/C7H9N3O4S/c1-2-3(6(12)13)15-5-4(11)8-7(14)10-9-5/h3H,2H2,1H3,(H,12,13)(H2,8,10,11,14)/t3-/m0/s1. The maximum absolute atomic E-state index is 11.2. The summed E-state index contributed by atoms with van der Waals surface area (Å²) in [7, 11) is 0. The number of carboxylic acid groups (broad SMARTS) is 1. The second kappa shape index (κ2) is 4.78. The first kappa shape index (κ1) is 11.5. The number of nitrogens with one attached hydrogen (secondary N) is 2. The number of aromatic nitrogens is 3. The summed E-state index contributed by atoms with van der Waals surface area (Å²) in [6.45, 7) is 1.69. The fraction of sp³-hybridized carbons (Fsp3) is 0.429. The second-order valence-electron chi connectivity index (χ2n) is 2.66. The van der Waals surface area contributed by atoms with Gasteiger partial charge in [0, 0.05) is 0 Å². The predicted octanol–water partition coefficient (Wildman–Crippen LogP) is -0.587. The van der Waals surface area contributed by atoms with Crippen molar-refractivity contribution in [2.45, 2.75) is 23.6 Å². The number of carboxylic acids is 1. The molecule has 0 radical (unpaired) electrons. The Morgan fingerprint density at radius 1 is 1.60 bits per heavy atom. The van der Waals surface area contributed by atoms with Crippen molar-refractivity contribution in [1.82, 2.24) is 15.2 Å². The molecule has 1 heterocycles. The Morgan fingerprint density at radius 2 is 2.27 bits per heavy atom. The van der Waals surface area contributed by atoms with Gasteiger partial charge >= 0.3 is 11.7 Å². The summed E-state index contributed by atoms with van der Waals surface area (Å²) in [5.41, 5.74) is -1.39. The third-order valence-corrected chi connectivity index (χ3v) is 2.90. The van der Waals surface area contributed by atoms with Crippen molar-refractivity contribution in [2.75, 3.05) is 0 Å². The third kappa shape index (κ3) is 2.94. The molecule has 1 rings (SSSR count). The van der Waals surface area contributed by atoms with Gasteiger partial charge in [-0.1, -0.05) is 18.7 Å². The van der Waals surface area contributed by atoms with Gasteiger partial charge in [0.25, 0.3) is 5.56 Å². The van der Waals surface area contributed by atoms with Crippen LogP contribution in [0.15, 0.2) is 14.6 Å². The maximum Gasteiger partial charge on any atom is 0.342 e. The van der Waals surface area contributed by atoms with E-state index >= 15 is 0 Å². The van der Waals surface area contributed by atoms with Crippen molar-refractivity contribution >= 4 is 17.7 Å². The minimum Gasteiger partial charge on any atom is -0.480 e. The van der Waals surface area contributed by atoms with E-state index in [0.717, 1.165) is 11.8 Å². The monoisotopic (exact) mass is 231 g/mol. The molecule has 15 heavy (non-hydrogen) atoms. The van der Waals surface area contributed by atoms with E-state index in [-0.39, 0.29) is 5.03 Å². The van der Waals surface area contributed by atoms with Crippen LogP contribution in [0, 0.1) is 0 Å². The highest BCUT2D eigenvalue weighted by Crippen LogP contribution is 2.19. The second-order valence-corrected chi connectivity index (χ2v) is 3.86. The number of hydrogen-bond donors (Lipinski definition) is 3. The molecule has 0 aliphatic heterocycles. The maximum atomic E-state index is 11.2. The molecule has 0 aliphatic rings. The first-order chi connectivity index (χ1) is 7.04. The average molecular weight is 231 g/mol. The molecule has 0 amide bonds. The van der Waals surface area contributed by atoms with Crippen LogP contribution in [0.2, 0.25) is 0 Å². The molecule has 0 spiro atoms. The van der Waals surface area contributed by atoms with Gasteiger partial charge in [0.2, 0.25) is 0 Å². The summed E-state index contributed by atoms with van der Waals surface area (Å²) in [6.07, 6.45) is 0.361. The van der Waals surface area contributed by atoms with Crippen LogP contribution in [-0.2, 0) is 4.79 Å². The van der Waals surface area contributed by atoms with E-state index in [2.05, 4.69) is 5.10 Å². The quantitative estimate of drug-likeness (QED) is 0.596. The Balaban J connectivity index is 2.94. The van der Waals surface area contributed by atoms with Gasteiger partial charge in [0.05, 0.1) is 0 Å². The molecule has 0 saturated heterocycles. The Bertz CT molecular complexity index is 466. The largest absolute Gasteiger partial charge is 0.480 e. The molecule has 0 saturated carbocycles. The van der Waals surface area contributed by atoms with Crippen molar-refractivity contribution in [1.29, 1.82) is 0 Å². The number of rotatable bonds is 4. The average Bonchev–Trinajstić information content (AvgIpc) is 2.16. The van der Waals surface area contributed by atoms with E-state index < -0.39 is 22.5 Å². The summed E-state index contributed by atoms with van der Waals surface area (Å²) in [6, 6.07) is 0. The zero-order valence-corrected chi connectivity index (χ0v) is 8.63. The number of carbonyl (C=O) groups is 1. The van der Waals surface area contributed by atoms with Crippen molar-refractivity contribution in [3.05, 3.63) is 20.8 Å². The van der Waals surface area contributed by atoms with E-state index in [0.29, 0.717) is 6.42 Å². The highest BCUT2D eigenvalue weighted by atomic mass is 32.2. The molecular weight excluding hydrogens is 222 g/mol. The van der Waals surface area contributed by atoms with Gasteiger partial charge in [0.15, 0.2) is 5.03 Å². The van der Waals surface area contributed by atoms with Gasteiger partial charge in [-0.05, 0) is 6.42 Å². The van der Waals surface area contributed by atoms with Crippen LogP contribution in [0.3, 0.4) is 0 Å². The molecule has 82 valence electrons. The summed E-state index contributed by atoms with van der Waals surface area (Å²) in [5.74, 6) is -1.02. The van der Waals surface area contributed by atoms with Crippen molar-refractivity contribution < 1.29 is 9.90 Å². The summed E-state index contributed by atoms with van der Waals surface area (Å²) in [4.78, 5) is 34.4. The van der Waals surface area contributed by atoms with E-state index in [9.17, 15) is 14.4 Å². The van der Waals surface area contributed by atoms with E-state index in [1.54, 1.807) is 6.92 Å². The number of thioether (sulfide) groups is 1. The van der Waals surface area contributed by atoms with Crippen LogP contribution in [0.1, 0.15) is 13.3 Å². The van der Waals surface area contributed by atoms with E-state index in [4.69, 9.17) is 5.11 Å². The molecule has 1 atom stereocenters. The van der Waals surface area contributed by atoms with Crippen LogP contribution in [0.25, 0.3) is 0 Å². The van der Waals surface area contributed by atoms with E-state index in [1.165, 1.54) is 0 Å². The lowest BCUT2D eigenvalue weighted by Crippen LogP contribution is -2.27. The zero-order valence-electron chi connectivity index (χ0n) is 7.81. The normalized spacial score (nSPS) is 12.3. The van der Waals surface area contributed by atoms with Crippen LogP contribution < -0.4 is 11.2 Å². The summed E-state index contributed by atoms with van der Waals surface area (Å²) in [5, 5.41) is 13.4. The predicted molar refractivity (Wildman–Crippen MR) is 53.1 cm³/mol. The topological polar surface area (TPSA) is 116 Å². The van der Waals surface area contributed by atoms with Gasteiger partial charge < -0.3 is 5.11 Å². The third-order valence-electron chi connectivity index (χ3n) is 1.58. The Kier molecular flexibility index (Phi) is 3.67. The SMILES string of the molecule is CC[C@H](Sc1n[nH]c(=O)[nH]c1=O)C(=O)O. The Morgan fingerprint density at radius 3 is 2.73 bits per heavy atom. The molecule has 0 fully saturated rings. The number of nitrogens with zero attached hydrogens (tertiary/aromatic N) is 1. The number of H-pyrrole nitrogens is 2. The molecule has 8 heteroatoms. The van der Waals surface area contributed by atoms with Gasteiger partial charge in [-0.3, -0.25) is 14.6 Å². The molecule has 0 bridgehead atoms. The minimum atomic E-state index is -1.02. The first-order valence-electron chi connectivity index (χ1n) is 4.13. The fourth-order valence-corrected chi connectivity index (χ4v) is 1.65. The molecule has 1 aromatic heterocycles. The minimum absolute atomic E-state index is 0.0520. The smallest absolute Gasteiger partial charge is 0.342 e. The lowest BCUT2D eigenvalue weighted by Gasteiger charge is -2.06. The zero-order chi connectivity index (χ0) is 11.4. The molecule has 7 nitrogen and oxygen atoms in total. The molecule has 3 N–H and O–H groups in total.